The van der Waals surface area contributed by atoms with Crippen LogP contribution in [-0.2, 0) is 4.79 Å². The predicted molar refractivity (Wildman–Crippen MR) is 54.7 cm³/mol. The van der Waals surface area contributed by atoms with Crippen LogP contribution >= 0.6 is 0 Å². The van der Waals surface area contributed by atoms with Crippen molar-refractivity contribution in [3.05, 3.63) is 0 Å². The highest BCUT2D eigenvalue weighted by molar-refractivity contribution is 5.84. The van der Waals surface area contributed by atoms with Crippen LogP contribution in [0.15, 0.2) is 0 Å². The monoisotopic (exact) mass is 183 g/mol. The molecule has 0 saturated heterocycles. The molecule has 2 heteroatoms. The lowest BCUT2D eigenvalue weighted by atomic mass is 9.97. The fourth-order valence-electron chi connectivity index (χ4n) is 1.58. The van der Waals surface area contributed by atoms with Crippen LogP contribution in [0.3, 0.4) is 0 Å². The second-order valence-corrected chi connectivity index (χ2v) is 4.66. The third kappa shape index (κ3) is 2.53. The molecule has 1 aliphatic rings. The van der Waals surface area contributed by atoms with Gasteiger partial charge in [0.05, 0.1) is 0 Å². The van der Waals surface area contributed by atoms with Gasteiger partial charge in [-0.2, -0.15) is 0 Å². The number of ketones is 1. The van der Waals surface area contributed by atoms with Gasteiger partial charge in [-0.1, -0.05) is 0 Å². The quantitative estimate of drug-likeness (QED) is 0.650. The maximum atomic E-state index is 11.3. The van der Waals surface area contributed by atoms with Gasteiger partial charge in [0.2, 0.25) is 0 Å². The number of nitrogens with zero attached hydrogens (tertiary/aromatic N) is 1. The Morgan fingerprint density at radius 3 is 2.31 bits per heavy atom. The Hall–Kier alpha value is -0.370. The van der Waals surface area contributed by atoms with Crippen molar-refractivity contribution in [3.63, 3.8) is 0 Å². The summed E-state index contributed by atoms with van der Waals surface area (Å²) in [5, 5.41) is 0. The minimum Gasteiger partial charge on any atom is -0.304 e. The number of rotatable bonds is 5. The summed E-state index contributed by atoms with van der Waals surface area (Å²) in [6, 6.07) is 0.586. The van der Waals surface area contributed by atoms with E-state index in [2.05, 4.69) is 25.8 Å². The molecule has 13 heavy (non-hydrogen) atoms. The van der Waals surface area contributed by atoms with Crippen LogP contribution in [-0.4, -0.2) is 30.3 Å². The highest BCUT2D eigenvalue weighted by Crippen LogP contribution is 2.49. The number of carbonyl (C=O) groups is 1. The third-order valence-corrected chi connectivity index (χ3v) is 3.42. The van der Waals surface area contributed by atoms with Gasteiger partial charge in [-0.25, -0.2) is 0 Å². The first kappa shape index (κ1) is 10.7. The predicted octanol–water partition coefficient (Wildman–Crippen LogP) is 2.09. The Labute approximate surface area is 81.3 Å². The molecule has 1 rings (SSSR count). The maximum Gasteiger partial charge on any atom is 0.136 e. The van der Waals surface area contributed by atoms with Gasteiger partial charge in [-0.15, -0.1) is 0 Å². The largest absolute Gasteiger partial charge is 0.304 e. The fraction of sp³-hybridized carbons (Fsp3) is 0.909. The minimum absolute atomic E-state index is 0.0865. The Bertz CT molecular complexity index is 194. The van der Waals surface area contributed by atoms with Crippen molar-refractivity contribution in [2.24, 2.45) is 5.41 Å². The van der Waals surface area contributed by atoms with E-state index in [1.54, 1.807) is 6.92 Å². The van der Waals surface area contributed by atoms with Gasteiger partial charge in [0.15, 0.2) is 0 Å². The van der Waals surface area contributed by atoms with Gasteiger partial charge in [-0.05, 0) is 53.6 Å². The van der Waals surface area contributed by atoms with E-state index in [0.717, 1.165) is 25.8 Å². The Morgan fingerprint density at radius 1 is 1.46 bits per heavy atom. The summed E-state index contributed by atoms with van der Waals surface area (Å²) in [6.07, 6.45) is 3.29. The van der Waals surface area contributed by atoms with Crippen molar-refractivity contribution in [3.8, 4) is 0 Å². The van der Waals surface area contributed by atoms with E-state index in [1.165, 1.54) is 0 Å². The molecule has 0 radical (unpaired) electrons. The molecule has 0 N–H and O–H groups in total. The molecule has 0 spiro atoms. The number of carbonyl (C=O) groups excluding carboxylic acids is 1. The zero-order valence-electron chi connectivity index (χ0n) is 9.26. The SMILES string of the molecule is CC(=O)C1(CCN(C)C(C)C)CC1. The summed E-state index contributed by atoms with van der Waals surface area (Å²) in [7, 11) is 2.13. The lowest BCUT2D eigenvalue weighted by Gasteiger charge is -2.23. The molecule has 1 saturated carbocycles. The molecule has 0 atom stereocenters. The van der Waals surface area contributed by atoms with Crippen molar-refractivity contribution in [1.82, 2.24) is 4.90 Å². The van der Waals surface area contributed by atoms with Crippen molar-refractivity contribution in [2.45, 2.75) is 46.1 Å². The maximum absolute atomic E-state index is 11.3. The Morgan fingerprint density at radius 2 is 2.00 bits per heavy atom. The van der Waals surface area contributed by atoms with Crippen LogP contribution in [0.4, 0.5) is 0 Å². The molecule has 0 aromatic rings. The summed E-state index contributed by atoms with van der Waals surface area (Å²) in [5.74, 6) is 0.393. The van der Waals surface area contributed by atoms with E-state index < -0.39 is 0 Å². The van der Waals surface area contributed by atoms with E-state index >= 15 is 0 Å². The first-order chi connectivity index (χ1) is 5.98. The van der Waals surface area contributed by atoms with Crippen LogP contribution in [0.5, 0.6) is 0 Å². The van der Waals surface area contributed by atoms with Crippen molar-refractivity contribution in [2.75, 3.05) is 13.6 Å². The van der Waals surface area contributed by atoms with E-state index in [1.807, 2.05) is 0 Å². The summed E-state index contributed by atoms with van der Waals surface area (Å²) in [4.78, 5) is 13.6. The van der Waals surface area contributed by atoms with Crippen LogP contribution < -0.4 is 0 Å². The normalized spacial score (nSPS) is 19.5. The minimum atomic E-state index is 0.0865. The second-order valence-electron chi connectivity index (χ2n) is 4.66. The molecule has 0 aromatic carbocycles. The average molecular weight is 183 g/mol. The molecule has 2 nitrogen and oxygen atoms in total. The number of hydrogen-bond donors (Lipinski definition) is 0. The lowest BCUT2D eigenvalue weighted by Crippen LogP contribution is -2.30. The van der Waals surface area contributed by atoms with Gasteiger partial charge in [-0.3, -0.25) is 4.79 Å². The topological polar surface area (TPSA) is 20.3 Å². The molecule has 0 heterocycles. The smallest absolute Gasteiger partial charge is 0.136 e. The van der Waals surface area contributed by atoms with Crippen LogP contribution in [0, 0.1) is 5.41 Å². The molecule has 0 unspecified atom stereocenters. The summed E-state index contributed by atoms with van der Waals surface area (Å²) < 4.78 is 0. The summed E-state index contributed by atoms with van der Waals surface area (Å²) >= 11 is 0. The molecular weight excluding hydrogens is 162 g/mol. The van der Waals surface area contributed by atoms with E-state index in [4.69, 9.17) is 0 Å². The number of hydrogen-bond acceptors (Lipinski definition) is 2. The molecular formula is C11H21NO. The van der Waals surface area contributed by atoms with E-state index in [0.29, 0.717) is 11.8 Å². The highest BCUT2D eigenvalue weighted by atomic mass is 16.1. The van der Waals surface area contributed by atoms with Crippen LogP contribution in [0.25, 0.3) is 0 Å². The van der Waals surface area contributed by atoms with Gasteiger partial charge in [0.25, 0.3) is 0 Å². The van der Waals surface area contributed by atoms with Crippen molar-refractivity contribution >= 4 is 5.78 Å². The first-order valence-electron chi connectivity index (χ1n) is 5.19. The fourth-order valence-corrected chi connectivity index (χ4v) is 1.58. The molecule has 1 fully saturated rings. The average Bonchev–Trinajstić information content (AvgIpc) is 2.80. The van der Waals surface area contributed by atoms with Crippen molar-refractivity contribution in [1.29, 1.82) is 0 Å². The number of Topliss-reactive ketones (excluding diaryl/α,β-unsaturated/α-hetero) is 1. The molecule has 0 amide bonds. The third-order valence-electron chi connectivity index (χ3n) is 3.42. The van der Waals surface area contributed by atoms with Crippen molar-refractivity contribution < 1.29 is 4.79 Å². The lowest BCUT2D eigenvalue weighted by molar-refractivity contribution is -0.122. The molecule has 0 bridgehead atoms. The van der Waals surface area contributed by atoms with Crippen LogP contribution in [0.2, 0.25) is 0 Å². The van der Waals surface area contributed by atoms with E-state index in [-0.39, 0.29) is 5.41 Å². The summed E-state index contributed by atoms with van der Waals surface area (Å²) in [5.41, 5.74) is 0.0865. The van der Waals surface area contributed by atoms with E-state index in [9.17, 15) is 4.79 Å². The van der Waals surface area contributed by atoms with Crippen LogP contribution in [0.1, 0.15) is 40.0 Å². The van der Waals surface area contributed by atoms with Gasteiger partial charge in [0, 0.05) is 11.5 Å². The second kappa shape index (κ2) is 3.79. The zero-order valence-corrected chi connectivity index (χ0v) is 9.26. The zero-order chi connectivity index (χ0) is 10.1. The van der Waals surface area contributed by atoms with Gasteiger partial charge >= 0.3 is 0 Å². The molecule has 1 aliphatic carbocycles. The van der Waals surface area contributed by atoms with Gasteiger partial charge in [0.1, 0.15) is 5.78 Å². The molecule has 0 aliphatic heterocycles. The van der Waals surface area contributed by atoms with Gasteiger partial charge < -0.3 is 4.90 Å². The highest BCUT2D eigenvalue weighted by Gasteiger charge is 2.46. The summed E-state index contributed by atoms with van der Waals surface area (Å²) in [6.45, 7) is 7.17. The molecule has 76 valence electrons. The standard InChI is InChI=1S/C11H21NO/c1-9(2)12(4)8-7-11(5-6-11)10(3)13/h9H,5-8H2,1-4H3. The first-order valence-corrected chi connectivity index (χ1v) is 5.19. The Kier molecular flexibility index (Phi) is 3.12. The molecule has 0 aromatic heterocycles. The Balaban J connectivity index is 2.30.